The van der Waals surface area contributed by atoms with Crippen molar-refractivity contribution in [3.63, 3.8) is 0 Å². The van der Waals surface area contributed by atoms with Gasteiger partial charge in [-0.15, -0.1) is 0 Å². The van der Waals surface area contributed by atoms with Gasteiger partial charge in [0.2, 0.25) is 0 Å². The van der Waals surface area contributed by atoms with Crippen molar-refractivity contribution >= 4 is 10.8 Å². The summed E-state index contributed by atoms with van der Waals surface area (Å²) in [7, 11) is 0. The van der Waals surface area contributed by atoms with E-state index in [0.29, 0.717) is 5.92 Å². The Morgan fingerprint density at radius 1 is 0.742 bits per heavy atom. The number of nitrogens with zero attached hydrogens (tertiary/aromatic N) is 1. The maximum absolute atomic E-state index is 4.88. The summed E-state index contributed by atoms with van der Waals surface area (Å²) < 4.78 is 0. The molecule has 2 heteroatoms. The maximum Gasteiger partial charge on any atom is 0.0712 e. The Kier molecular flexibility index (Phi) is 7.40. The molecule has 0 bridgehead atoms. The highest BCUT2D eigenvalue weighted by Crippen LogP contribution is 2.27. The number of fused-ring (bicyclic) bond motifs is 1. The van der Waals surface area contributed by atoms with Gasteiger partial charge in [-0.1, -0.05) is 109 Å². The van der Waals surface area contributed by atoms with Crippen LogP contribution in [0, 0.1) is 5.92 Å². The maximum atomic E-state index is 4.88. The third-order valence-corrected chi connectivity index (χ3v) is 5.32. The van der Waals surface area contributed by atoms with Crippen molar-refractivity contribution < 1.29 is 0 Å². The van der Waals surface area contributed by atoms with Crippen LogP contribution in [0.4, 0.5) is 0 Å². The molecule has 0 saturated heterocycles. The first kappa shape index (κ1) is 20.8. The van der Waals surface area contributed by atoms with E-state index in [4.69, 9.17) is 4.98 Å². The lowest BCUT2D eigenvalue weighted by Gasteiger charge is -2.14. The van der Waals surface area contributed by atoms with Crippen molar-refractivity contribution in [3.8, 4) is 11.3 Å². The lowest BCUT2D eigenvalue weighted by molar-refractivity contribution is 0.555. The van der Waals surface area contributed by atoms with Gasteiger partial charge in [-0.2, -0.15) is 0 Å². The second kappa shape index (κ2) is 11.1. The topological polar surface area (TPSA) is 24.9 Å². The molecule has 1 atom stereocenters. The minimum atomic E-state index is 0.589. The fourth-order valence-corrected chi connectivity index (χ4v) is 3.73. The minimum Gasteiger partial charge on any atom is -0.311 e. The highest BCUT2D eigenvalue weighted by Gasteiger charge is 2.07. The summed E-state index contributed by atoms with van der Waals surface area (Å²) in [5, 5.41) is 6.04. The summed E-state index contributed by atoms with van der Waals surface area (Å²) in [5.74, 6) is 0.589. The molecule has 5 rings (SSSR count). The van der Waals surface area contributed by atoms with Gasteiger partial charge < -0.3 is 5.32 Å². The molecule has 0 fully saturated rings. The molecule has 2 nitrogen and oxygen atoms in total. The predicted octanol–water partition coefficient (Wildman–Crippen LogP) is 6.81. The normalized spacial score (nSPS) is 14.8. The van der Waals surface area contributed by atoms with Crippen LogP contribution in [-0.2, 0) is 6.54 Å². The molecule has 1 N–H and O–H groups in total. The molecule has 0 aliphatic heterocycles. The average Bonchev–Trinajstić information content (AvgIpc) is 2.86. The zero-order valence-corrected chi connectivity index (χ0v) is 17.7. The number of nitrogens with one attached hydrogen (secondary N) is 1. The van der Waals surface area contributed by atoms with E-state index in [9.17, 15) is 0 Å². The Morgan fingerprint density at radius 2 is 1.48 bits per heavy atom. The number of aromatic nitrogens is 1. The summed E-state index contributed by atoms with van der Waals surface area (Å²) in [6.07, 6.45) is 9.87. The standard InChI is InChI=1S/C23H22N2.C6H6/c1-2-8-18(9-3-1)16-24-17-20-12-7-15-23(25-20)22-14-6-11-19-10-4-5-13-21(19)22;1-2-4-6-5-3-1/h1-8,10-15,18,24H,9,16-17H2;1-6H. The highest BCUT2D eigenvalue weighted by molar-refractivity contribution is 5.95. The number of benzene rings is 3. The summed E-state index contributed by atoms with van der Waals surface area (Å²) in [4.78, 5) is 4.88. The number of allylic oxidation sites excluding steroid dienone is 3. The third-order valence-electron chi connectivity index (χ3n) is 5.32. The van der Waals surface area contributed by atoms with Crippen LogP contribution in [0.1, 0.15) is 12.1 Å². The fourth-order valence-electron chi connectivity index (χ4n) is 3.73. The quantitative estimate of drug-likeness (QED) is 0.395. The van der Waals surface area contributed by atoms with Gasteiger partial charge in [-0.05, 0) is 35.2 Å². The van der Waals surface area contributed by atoms with Crippen LogP contribution < -0.4 is 5.32 Å². The van der Waals surface area contributed by atoms with Crippen LogP contribution in [0.3, 0.4) is 0 Å². The monoisotopic (exact) mass is 404 g/mol. The molecule has 1 heterocycles. The third kappa shape index (κ3) is 6.00. The van der Waals surface area contributed by atoms with Gasteiger partial charge in [0.25, 0.3) is 0 Å². The van der Waals surface area contributed by atoms with Gasteiger partial charge in [0.1, 0.15) is 0 Å². The fraction of sp³-hybridized carbons (Fsp3) is 0.138. The molecule has 0 amide bonds. The molecule has 3 aromatic carbocycles. The van der Waals surface area contributed by atoms with Gasteiger partial charge in [-0.3, -0.25) is 4.98 Å². The van der Waals surface area contributed by atoms with E-state index in [1.807, 2.05) is 36.4 Å². The van der Waals surface area contributed by atoms with Crippen molar-refractivity contribution in [3.05, 3.63) is 127 Å². The number of hydrogen-bond donors (Lipinski definition) is 1. The number of pyridine rings is 1. The Hall–Kier alpha value is -3.49. The van der Waals surface area contributed by atoms with Gasteiger partial charge in [0, 0.05) is 18.7 Å². The smallest absolute Gasteiger partial charge is 0.0712 e. The van der Waals surface area contributed by atoms with E-state index in [2.05, 4.69) is 90.3 Å². The SMILES string of the molecule is C1=CCC(CNCc2cccc(-c3cccc4ccccc34)n2)C=C1.c1ccccc1. The number of hydrogen-bond acceptors (Lipinski definition) is 2. The zero-order chi connectivity index (χ0) is 21.1. The van der Waals surface area contributed by atoms with Crippen LogP contribution in [0.5, 0.6) is 0 Å². The molecule has 4 aromatic rings. The zero-order valence-electron chi connectivity index (χ0n) is 17.7. The molecule has 31 heavy (non-hydrogen) atoms. The van der Waals surface area contributed by atoms with Crippen LogP contribution in [0.2, 0.25) is 0 Å². The van der Waals surface area contributed by atoms with Crippen molar-refractivity contribution in [1.82, 2.24) is 10.3 Å². The van der Waals surface area contributed by atoms with Gasteiger partial charge in [0.05, 0.1) is 11.4 Å². The Balaban J connectivity index is 0.000000334. The second-order valence-corrected chi connectivity index (χ2v) is 7.64. The van der Waals surface area contributed by atoms with E-state index in [-0.39, 0.29) is 0 Å². The van der Waals surface area contributed by atoms with E-state index in [0.717, 1.165) is 30.9 Å². The van der Waals surface area contributed by atoms with Gasteiger partial charge in [0.15, 0.2) is 0 Å². The molecule has 0 saturated carbocycles. The second-order valence-electron chi connectivity index (χ2n) is 7.64. The Bertz CT molecular complexity index is 1110. The van der Waals surface area contributed by atoms with Crippen LogP contribution in [-0.4, -0.2) is 11.5 Å². The molecule has 154 valence electrons. The van der Waals surface area contributed by atoms with Crippen LogP contribution in [0.15, 0.2) is 121 Å². The summed E-state index contributed by atoms with van der Waals surface area (Å²) in [6, 6.07) is 33.2. The first-order valence-electron chi connectivity index (χ1n) is 10.9. The lowest BCUT2D eigenvalue weighted by atomic mass is 10.0. The van der Waals surface area contributed by atoms with E-state index >= 15 is 0 Å². The van der Waals surface area contributed by atoms with Crippen molar-refractivity contribution in [2.24, 2.45) is 5.92 Å². The minimum absolute atomic E-state index is 0.589. The largest absolute Gasteiger partial charge is 0.311 e. The van der Waals surface area contributed by atoms with Crippen molar-refractivity contribution in [2.75, 3.05) is 6.54 Å². The van der Waals surface area contributed by atoms with Crippen molar-refractivity contribution in [1.29, 1.82) is 0 Å². The van der Waals surface area contributed by atoms with Gasteiger partial charge in [-0.25, -0.2) is 0 Å². The first-order valence-corrected chi connectivity index (χ1v) is 10.9. The average molecular weight is 405 g/mol. The Labute approximate surface area is 185 Å². The van der Waals surface area contributed by atoms with E-state index in [1.54, 1.807) is 0 Å². The first-order chi connectivity index (χ1) is 15.4. The molecule has 1 unspecified atom stereocenters. The molecule has 0 radical (unpaired) electrons. The Morgan fingerprint density at radius 3 is 2.26 bits per heavy atom. The lowest BCUT2D eigenvalue weighted by Crippen LogP contribution is -2.22. The summed E-state index contributed by atoms with van der Waals surface area (Å²) in [6.45, 7) is 1.79. The van der Waals surface area contributed by atoms with Crippen molar-refractivity contribution in [2.45, 2.75) is 13.0 Å². The van der Waals surface area contributed by atoms with E-state index < -0.39 is 0 Å². The highest BCUT2D eigenvalue weighted by atomic mass is 14.9. The predicted molar refractivity (Wildman–Crippen MR) is 132 cm³/mol. The van der Waals surface area contributed by atoms with Crippen LogP contribution in [0.25, 0.3) is 22.0 Å². The summed E-state index contributed by atoms with van der Waals surface area (Å²) >= 11 is 0. The molecule has 1 aromatic heterocycles. The van der Waals surface area contributed by atoms with Gasteiger partial charge >= 0.3 is 0 Å². The number of rotatable bonds is 5. The molecular formula is C29H28N2. The molecular weight excluding hydrogens is 376 g/mol. The molecule has 0 spiro atoms. The van der Waals surface area contributed by atoms with Crippen LogP contribution >= 0.6 is 0 Å². The molecule has 1 aliphatic rings. The molecule has 1 aliphatic carbocycles. The van der Waals surface area contributed by atoms with E-state index in [1.165, 1.54) is 16.3 Å². The summed E-state index contributed by atoms with van der Waals surface area (Å²) in [5.41, 5.74) is 3.32.